The summed E-state index contributed by atoms with van der Waals surface area (Å²) in [6.45, 7) is 6.66. The minimum absolute atomic E-state index is 0.588. The molecule has 0 aliphatic carbocycles. The van der Waals surface area contributed by atoms with Gasteiger partial charge in [0.05, 0.1) is 0 Å². The Labute approximate surface area is 104 Å². The monoisotopic (exact) mass is 239 g/mol. The molecule has 0 aliphatic rings. The van der Waals surface area contributed by atoms with Gasteiger partial charge >= 0.3 is 0 Å². The van der Waals surface area contributed by atoms with Crippen LogP contribution in [0, 0.1) is 6.92 Å². The van der Waals surface area contributed by atoms with Crippen LogP contribution in [0.2, 0.25) is 0 Å². The van der Waals surface area contributed by atoms with E-state index in [9.17, 15) is 0 Å². The van der Waals surface area contributed by atoms with Gasteiger partial charge in [-0.1, -0.05) is 25.5 Å². The summed E-state index contributed by atoms with van der Waals surface area (Å²) in [5, 5.41) is 0. The van der Waals surface area contributed by atoms with Crippen molar-refractivity contribution in [1.82, 2.24) is 0 Å². The van der Waals surface area contributed by atoms with Crippen molar-refractivity contribution in [3.8, 4) is 0 Å². The molecule has 2 heteroatoms. The van der Waals surface area contributed by atoms with Gasteiger partial charge in [-0.3, -0.25) is 0 Å². The molecule has 0 fully saturated rings. The lowest BCUT2D eigenvalue weighted by Gasteiger charge is -2.28. The van der Waals surface area contributed by atoms with Crippen LogP contribution in [0.3, 0.4) is 0 Å². The molecule has 0 spiro atoms. The fourth-order valence-electron chi connectivity index (χ4n) is 2.05. The number of rotatable bonds is 5. The van der Waals surface area contributed by atoms with Crippen LogP contribution in [0.25, 0.3) is 0 Å². The van der Waals surface area contributed by atoms with Crippen molar-refractivity contribution < 1.29 is 0 Å². The first-order chi connectivity index (χ1) is 7.60. The average molecular weight is 240 g/mol. The Kier molecular flexibility index (Phi) is 5.14. The SMILES string of the molecule is CCCC(C)N(C)c1ccc(CCl)cc1C. The molecule has 1 rings (SSSR count). The van der Waals surface area contributed by atoms with Gasteiger partial charge in [0.15, 0.2) is 0 Å². The van der Waals surface area contributed by atoms with Crippen molar-refractivity contribution in [3.05, 3.63) is 29.3 Å². The summed E-state index contributed by atoms with van der Waals surface area (Å²) in [5.74, 6) is 0.593. The van der Waals surface area contributed by atoms with Crippen molar-refractivity contribution in [2.75, 3.05) is 11.9 Å². The average Bonchev–Trinajstić information content (AvgIpc) is 2.28. The molecule has 0 radical (unpaired) electrons. The van der Waals surface area contributed by atoms with Crippen LogP contribution in [0.4, 0.5) is 5.69 Å². The van der Waals surface area contributed by atoms with Gasteiger partial charge in [0, 0.05) is 24.7 Å². The molecule has 0 saturated heterocycles. The van der Waals surface area contributed by atoms with Crippen molar-refractivity contribution in [3.63, 3.8) is 0 Å². The highest BCUT2D eigenvalue weighted by molar-refractivity contribution is 6.17. The zero-order chi connectivity index (χ0) is 12.1. The molecular formula is C14H22ClN. The summed E-state index contributed by atoms with van der Waals surface area (Å²) in [6, 6.07) is 7.06. The largest absolute Gasteiger partial charge is 0.372 e. The Morgan fingerprint density at radius 2 is 2.06 bits per heavy atom. The van der Waals surface area contributed by atoms with E-state index >= 15 is 0 Å². The number of aryl methyl sites for hydroxylation is 1. The standard InChI is InChI=1S/C14H22ClN/c1-5-6-12(3)16(4)14-8-7-13(10-15)9-11(14)2/h7-9,12H,5-6,10H2,1-4H3. The van der Waals surface area contributed by atoms with Crippen LogP contribution in [0.5, 0.6) is 0 Å². The Morgan fingerprint density at radius 3 is 2.56 bits per heavy atom. The molecule has 0 amide bonds. The van der Waals surface area contributed by atoms with E-state index in [1.807, 2.05) is 0 Å². The maximum atomic E-state index is 5.83. The molecular weight excluding hydrogens is 218 g/mol. The molecule has 0 aromatic heterocycles. The van der Waals surface area contributed by atoms with Gasteiger partial charge in [-0.2, -0.15) is 0 Å². The molecule has 1 unspecified atom stereocenters. The molecule has 1 nitrogen and oxygen atoms in total. The molecule has 0 saturated carbocycles. The lowest BCUT2D eigenvalue weighted by molar-refractivity contribution is 0.615. The zero-order valence-electron chi connectivity index (χ0n) is 10.8. The molecule has 0 heterocycles. The van der Waals surface area contributed by atoms with Gasteiger partial charge in [-0.05, 0) is 37.5 Å². The Balaban J connectivity index is 2.87. The third kappa shape index (κ3) is 3.15. The third-order valence-corrected chi connectivity index (χ3v) is 3.47. The molecule has 0 bridgehead atoms. The third-order valence-electron chi connectivity index (χ3n) is 3.16. The second kappa shape index (κ2) is 6.15. The first kappa shape index (κ1) is 13.4. The second-order valence-electron chi connectivity index (χ2n) is 4.50. The van der Waals surface area contributed by atoms with Gasteiger partial charge < -0.3 is 4.90 Å². The van der Waals surface area contributed by atoms with Gasteiger partial charge in [-0.25, -0.2) is 0 Å². The highest BCUT2D eigenvalue weighted by Gasteiger charge is 2.11. The first-order valence-corrected chi connectivity index (χ1v) is 6.52. The molecule has 0 aliphatic heterocycles. The minimum atomic E-state index is 0.588. The van der Waals surface area contributed by atoms with E-state index in [1.165, 1.54) is 29.7 Å². The number of anilines is 1. The number of benzene rings is 1. The van der Waals surface area contributed by atoms with E-state index < -0.39 is 0 Å². The normalized spacial score (nSPS) is 12.6. The van der Waals surface area contributed by atoms with Crippen LogP contribution in [0.1, 0.15) is 37.8 Å². The molecule has 1 aromatic carbocycles. The summed E-state index contributed by atoms with van der Waals surface area (Å²) in [6.07, 6.45) is 2.46. The van der Waals surface area contributed by atoms with Gasteiger partial charge in [0.2, 0.25) is 0 Å². The Morgan fingerprint density at radius 1 is 1.38 bits per heavy atom. The van der Waals surface area contributed by atoms with Gasteiger partial charge in [0.1, 0.15) is 0 Å². The predicted molar refractivity (Wildman–Crippen MR) is 73.5 cm³/mol. The molecule has 1 atom stereocenters. The van der Waals surface area contributed by atoms with Crippen LogP contribution in [-0.2, 0) is 5.88 Å². The Bertz CT molecular complexity index is 336. The Hall–Kier alpha value is -0.690. The van der Waals surface area contributed by atoms with Crippen molar-refractivity contribution in [2.24, 2.45) is 0 Å². The van der Waals surface area contributed by atoms with Gasteiger partial charge in [0.25, 0.3) is 0 Å². The van der Waals surface area contributed by atoms with E-state index in [0.717, 1.165) is 0 Å². The van der Waals surface area contributed by atoms with Crippen molar-refractivity contribution in [1.29, 1.82) is 0 Å². The number of alkyl halides is 1. The molecule has 90 valence electrons. The van der Waals surface area contributed by atoms with Crippen molar-refractivity contribution in [2.45, 2.75) is 45.5 Å². The quantitative estimate of drug-likeness (QED) is 0.691. The topological polar surface area (TPSA) is 3.24 Å². The lowest BCUT2D eigenvalue weighted by Crippen LogP contribution is -2.29. The van der Waals surface area contributed by atoms with E-state index in [0.29, 0.717) is 11.9 Å². The minimum Gasteiger partial charge on any atom is -0.372 e. The smallest absolute Gasteiger partial charge is 0.0474 e. The summed E-state index contributed by atoms with van der Waals surface area (Å²) >= 11 is 5.83. The summed E-state index contributed by atoms with van der Waals surface area (Å²) in [5.41, 5.74) is 3.82. The van der Waals surface area contributed by atoms with E-state index in [-0.39, 0.29) is 0 Å². The first-order valence-electron chi connectivity index (χ1n) is 5.98. The predicted octanol–water partition coefficient (Wildman–Crippen LogP) is 4.36. The lowest BCUT2D eigenvalue weighted by atomic mass is 10.1. The fraction of sp³-hybridized carbons (Fsp3) is 0.571. The number of hydrogen-bond donors (Lipinski definition) is 0. The van der Waals surface area contributed by atoms with E-state index in [2.05, 4.69) is 50.9 Å². The second-order valence-corrected chi connectivity index (χ2v) is 4.77. The maximum Gasteiger partial charge on any atom is 0.0474 e. The zero-order valence-corrected chi connectivity index (χ0v) is 11.5. The van der Waals surface area contributed by atoms with Gasteiger partial charge in [-0.15, -0.1) is 11.6 Å². The summed E-state index contributed by atoms with van der Waals surface area (Å²) in [4.78, 5) is 2.36. The van der Waals surface area contributed by atoms with Crippen LogP contribution < -0.4 is 4.90 Å². The summed E-state index contributed by atoms with van der Waals surface area (Å²) in [7, 11) is 2.17. The highest BCUT2D eigenvalue weighted by atomic mass is 35.5. The van der Waals surface area contributed by atoms with E-state index in [1.54, 1.807) is 0 Å². The summed E-state index contributed by atoms with van der Waals surface area (Å²) < 4.78 is 0. The molecule has 1 aromatic rings. The maximum absolute atomic E-state index is 5.83. The van der Waals surface area contributed by atoms with Crippen molar-refractivity contribution >= 4 is 17.3 Å². The van der Waals surface area contributed by atoms with E-state index in [4.69, 9.17) is 11.6 Å². The van der Waals surface area contributed by atoms with Crippen LogP contribution >= 0.6 is 11.6 Å². The number of hydrogen-bond acceptors (Lipinski definition) is 1. The van der Waals surface area contributed by atoms with Crippen LogP contribution in [-0.4, -0.2) is 13.1 Å². The fourth-order valence-corrected chi connectivity index (χ4v) is 2.21. The number of nitrogens with zero attached hydrogens (tertiary/aromatic N) is 1. The molecule has 0 N–H and O–H groups in total. The highest BCUT2D eigenvalue weighted by Crippen LogP contribution is 2.23. The number of halogens is 1. The molecule has 16 heavy (non-hydrogen) atoms. The van der Waals surface area contributed by atoms with Crippen LogP contribution in [0.15, 0.2) is 18.2 Å².